The normalized spacial score (nSPS) is 13.8. The zero-order valence-electron chi connectivity index (χ0n) is 19.3. The van der Waals surface area contributed by atoms with Gasteiger partial charge in [-0.2, -0.15) is 0 Å². The Labute approximate surface area is 205 Å². The Balaban J connectivity index is 1.62. The number of hydrogen-bond acceptors (Lipinski definition) is 5. The van der Waals surface area contributed by atoms with Crippen molar-refractivity contribution in [3.05, 3.63) is 68.7 Å². The molecule has 0 bridgehead atoms. The Hall–Kier alpha value is -3.05. The van der Waals surface area contributed by atoms with Crippen LogP contribution in [0.5, 0.6) is 0 Å². The zero-order valence-corrected chi connectivity index (χ0v) is 21.0. The van der Waals surface area contributed by atoms with Gasteiger partial charge >= 0.3 is 0 Å². The Morgan fingerprint density at radius 3 is 2.26 bits per heavy atom. The SMILES string of the molecule is Cc1cc(C)c(N2CCCC2)c(C)c1NC(=O)c1sccc1NS(=O)(=O)c1cc(F)c(F)c(F)c1. The monoisotopic (exact) mass is 523 g/mol. The Kier molecular flexibility index (Phi) is 6.83. The second-order valence-electron chi connectivity index (χ2n) is 8.48. The Morgan fingerprint density at radius 1 is 1.00 bits per heavy atom. The van der Waals surface area contributed by atoms with Crippen molar-refractivity contribution >= 4 is 44.3 Å². The molecule has 2 heterocycles. The second-order valence-corrected chi connectivity index (χ2v) is 11.1. The van der Waals surface area contributed by atoms with Gasteiger partial charge in [0.15, 0.2) is 17.5 Å². The van der Waals surface area contributed by atoms with Crippen molar-refractivity contribution in [2.24, 2.45) is 0 Å². The van der Waals surface area contributed by atoms with Crippen LogP contribution in [-0.4, -0.2) is 27.4 Å². The van der Waals surface area contributed by atoms with Gasteiger partial charge in [0.1, 0.15) is 4.88 Å². The third-order valence-electron chi connectivity index (χ3n) is 5.98. The third-order valence-corrected chi connectivity index (χ3v) is 8.23. The number of nitrogens with zero attached hydrogens (tertiary/aromatic N) is 1. The number of rotatable bonds is 6. The van der Waals surface area contributed by atoms with E-state index in [-0.39, 0.29) is 10.6 Å². The van der Waals surface area contributed by atoms with Crippen molar-refractivity contribution in [2.75, 3.05) is 28.0 Å². The van der Waals surface area contributed by atoms with Crippen LogP contribution >= 0.6 is 11.3 Å². The molecule has 0 spiro atoms. The minimum atomic E-state index is -4.49. The maximum absolute atomic E-state index is 13.6. The van der Waals surface area contributed by atoms with Gasteiger partial charge in [-0.25, -0.2) is 21.6 Å². The number of nitrogens with one attached hydrogen (secondary N) is 2. The minimum Gasteiger partial charge on any atom is -0.371 e. The first-order valence-corrected chi connectivity index (χ1v) is 13.3. The predicted molar refractivity (Wildman–Crippen MR) is 131 cm³/mol. The smallest absolute Gasteiger partial charge is 0.267 e. The highest BCUT2D eigenvalue weighted by atomic mass is 32.2. The van der Waals surface area contributed by atoms with E-state index in [9.17, 15) is 26.4 Å². The van der Waals surface area contributed by atoms with Gasteiger partial charge in [-0.3, -0.25) is 9.52 Å². The summed E-state index contributed by atoms with van der Waals surface area (Å²) in [5.41, 5.74) is 4.58. The first-order chi connectivity index (χ1) is 16.5. The summed E-state index contributed by atoms with van der Waals surface area (Å²) < 4.78 is 67.9. The summed E-state index contributed by atoms with van der Waals surface area (Å²) in [4.78, 5) is 14.7. The van der Waals surface area contributed by atoms with Crippen LogP contribution in [0.15, 0.2) is 34.5 Å². The van der Waals surface area contributed by atoms with Crippen LogP contribution in [0.4, 0.5) is 30.2 Å². The van der Waals surface area contributed by atoms with E-state index in [4.69, 9.17) is 0 Å². The average Bonchev–Trinajstić information content (AvgIpc) is 3.46. The quantitative estimate of drug-likeness (QED) is 0.404. The third kappa shape index (κ3) is 4.87. The number of aryl methyl sites for hydroxylation is 2. The molecule has 1 saturated heterocycles. The maximum atomic E-state index is 13.6. The molecule has 1 aliphatic heterocycles. The fraction of sp³-hybridized carbons (Fsp3) is 0.292. The van der Waals surface area contributed by atoms with Crippen LogP contribution in [0.2, 0.25) is 0 Å². The lowest BCUT2D eigenvalue weighted by molar-refractivity contribution is 0.103. The van der Waals surface area contributed by atoms with Gasteiger partial charge in [-0.1, -0.05) is 6.07 Å². The van der Waals surface area contributed by atoms with Crippen molar-refractivity contribution in [2.45, 2.75) is 38.5 Å². The van der Waals surface area contributed by atoms with Gasteiger partial charge in [0.2, 0.25) is 0 Å². The first-order valence-electron chi connectivity index (χ1n) is 10.9. The summed E-state index contributed by atoms with van der Waals surface area (Å²) in [6.45, 7) is 7.75. The number of thiophene rings is 1. The molecular formula is C24H24F3N3O3S2. The molecule has 1 amide bonds. The van der Waals surface area contributed by atoms with E-state index in [2.05, 4.69) is 14.9 Å². The van der Waals surface area contributed by atoms with E-state index >= 15 is 0 Å². The van der Waals surface area contributed by atoms with Crippen LogP contribution in [0.1, 0.15) is 39.2 Å². The zero-order chi connectivity index (χ0) is 25.5. The fourth-order valence-electron chi connectivity index (χ4n) is 4.42. The van der Waals surface area contributed by atoms with Crippen molar-refractivity contribution in [1.82, 2.24) is 0 Å². The summed E-state index contributed by atoms with van der Waals surface area (Å²) >= 11 is 1.01. The van der Waals surface area contributed by atoms with Gasteiger partial charge in [0.25, 0.3) is 15.9 Å². The number of hydrogen-bond donors (Lipinski definition) is 2. The van der Waals surface area contributed by atoms with Crippen LogP contribution in [0, 0.1) is 38.2 Å². The predicted octanol–water partition coefficient (Wildman–Crippen LogP) is 5.74. The van der Waals surface area contributed by atoms with Crippen LogP contribution in [-0.2, 0) is 10.0 Å². The number of sulfonamides is 1. The van der Waals surface area contributed by atoms with Crippen molar-refractivity contribution in [3.63, 3.8) is 0 Å². The lowest BCUT2D eigenvalue weighted by Gasteiger charge is -2.26. The van der Waals surface area contributed by atoms with Gasteiger partial charge in [-0.15, -0.1) is 11.3 Å². The molecule has 6 nitrogen and oxygen atoms in total. The molecule has 1 aromatic heterocycles. The number of benzene rings is 2. The van der Waals surface area contributed by atoms with Crippen LogP contribution in [0.3, 0.4) is 0 Å². The van der Waals surface area contributed by atoms with Gasteiger partial charge in [0, 0.05) is 24.5 Å². The fourth-order valence-corrected chi connectivity index (χ4v) is 6.33. The molecule has 1 fully saturated rings. The molecule has 0 aliphatic carbocycles. The van der Waals surface area contributed by atoms with E-state index in [0.29, 0.717) is 17.8 Å². The summed E-state index contributed by atoms with van der Waals surface area (Å²) in [7, 11) is -4.49. The van der Waals surface area contributed by atoms with Crippen molar-refractivity contribution < 1.29 is 26.4 Å². The lowest BCUT2D eigenvalue weighted by Crippen LogP contribution is -2.22. The van der Waals surface area contributed by atoms with Crippen molar-refractivity contribution in [3.8, 4) is 0 Å². The van der Waals surface area contributed by atoms with E-state index < -0.39 is 38.3 Å². The number of halogens is 3. The molecule has 35 heavy (non-hydrogen) atoms. The molecular weight excluding hydrogens is 499 g/mol. The van der Waals surface area contributed by atoms with Crippen LogP contribution < -0.4 is 14.9 Å². The molecule has 2 N–H and O–H groups in total. The van der Waals surface area contributed by atoms with Gasteiger partial charge in [-0.05, 0) is 73.9 Å². The van der Waals surface area contributed by atoms with Gasteiger partial charge in [0.05, 0.1) is 10.6 Å². The van der Waals surface area contributed by atoms with Crippen LogP contribution in [0.25, 0.3) is 0 Å². The Morgan fingerprint density at radius 2 is 1.63 bits per heavy atom. The number of carbonyl (C=O) groups excluding carboxylic acids is 1. The van der Waals surface area contributed by atoms with E-state index in [0.717, 1.165) is 59.6 Å². The number of amides is 1. The molecule has 1 aliphatic rings. The highest BCUT2D eigenvalue weighted by Crippen LogP contribution is 2.36. The molecule has 2 aromatic carbocycles. The van der Waals surface area contributed by atoms with Gasteiger partial charge < -0.3 is 10.2 Å². The summed E-state index contributed by atoms with van der Waals surface area (Å²) in [6.07, 6.45) is 2.21. The van der Waals surface area contributed by atoms with E-state index in [1.54, 1.807) is 0 Å². The Bertz CT molecular complexity index is 1390. The topological polar surface area (TPSA) is 78.5 Å². The molecule has 3 aromatic rings. The molecule has 0 saturated carbocycles. The summed E-state index contributed by atoms with van der Waals surface area (Å²) in [5.74, 6) is -5.56. The van der Waals surface area contributed by atoms with E-state index in [1.165, 1.54) is 11.4 Å². The standard InChI is InChI=1S/C24H24F3N3O3S2/c1-13-10-14(2)22(30-7-4-5-8-30)15(3)21(13)28-24(31)23-19(6-9-34-23)29-35(32,33)16-11-17(25)20(27)18(26)12-16/h6,9-12,29H,4-5,7-8H2,1-3H3,(H,28,31). The highest BCUT2D eigenvalue weighted by Gasteiger charge is 2.25. The maximum Gasteiger partial charge on any atom is 0.267 e. The summed E-state index contributed by atoms with van der Waals surface area (Å²) in [6, 6.07) is 4.14. The highest BCUT2D eigenvalue weighted by molar-refractivity contribution is 7.92. The second kappa shape index (κ2) is 9.54. The average molecular weight is 524 g/mol. The molecule has 0 radical (unpaired) electrons. The lowest BCUT2D eigenvalue weighted by atomic mass is 10.0. The molecule has 0 unspecified atom stereocenters. The van der Waals surface area contributed by atoms with Crippen molar-refractivity contribution in [1.29, 1.82) is 0 Å². The molecule has 11 heteroatoms. The number of carbonyl (C=O) groups is 1. The van der Waals surface area contributed by atoms with E-state index in [1.807, 2.05) is 26.8 Å². The minimum absolute atomic E-state index is 0.0557. The largest absolute Gasteiger partial charge is 0.371 e. The molecule has 4 rings (SSSR count). The summed E-state index contributed by atoms with van der Waals surface area (Å²) in [5, 5.41) is 4.42. The first kappa shape index (κ1) is 25.1. The molecule has 0 atom stereocenters. The number of anilines is 3. The molecule has 186 valence electrons.